The van der Waals surface area contributed by atoms with Crippen molar-refractivity contribution in [2.24, 2.45) is 5.41 Å². The van der Waals surface area contributed by atoms with E-state index in [-0.39, 0.29) is 0 Å². The summed E-state index contributed by atoms with van der Waals surface area (Å²) in [4.78, 5) is 20.7. The SMILES string of the molecule is COc1ncc(-c2nc(N3CCOCC3)nc3c(CN4CCC5(CC4)COC5)c(C)sc23)cc1N. The first-order valence-corrected chi connectivity index (χ1v) is 13.1. The summed E-state index contributed by atoms with van der Waals surface area (Å²) >= 11 is 1.76. The van der Waals surface area contributed by atoms with E-state index < -0.39 is 0 Å². The van der Waals surface area contributed by atoms with Gasteiger partial charge in [-0.05, 0) is 38.9 Å². The highest BCUT2D eigenvalue weighted by molar-refractivity contribution is 7.19. The smallest absolute Gasteiger partial charge is 0.236 e. The lowest BCUT2D eigenvalue weighted by molar-refractivity contribution is -0.140. The molecule has 1 spiro atoms. The molecule has 3 aliphatic rings. The highest BCUT2D eigenvalue weighted by Gasteiger charge is 2.41. The summed E-state index contributed by atoms with van der Waals surface area (Å²) in [5, 5.41) is 0. The molecule has 6 rings (SSSR count). The lowest BCUT2D eigenvalue weighted by Gasteiger charge is -2.47. The van der Waals surface area contributed by atoms with Crippen molar-refractivity contribution in [2.45, 2.75) is 26.3 Å². The van der Waals surface area contributed by atoms with Gasteiger partial charge in [0.1, 0.15) is 0 Å². The van der Waals surface area contributed by atoms with Gasteiger partial charge in [0.2, 0.25) is 11.8 Å². The number of aryl methyl sites for hydroxylation is 1. The van der Waals surface area contributed by atoms with E-state index in [2.05, 4.69) is 21.7 Å². The first-order valence-electron chi connectivity index (χ1n) is 12.3. The number of piperidine rings is 1. The standard InChI is InChI=1S/C25H32N6O3S/c1-16-18(13-30-5-3-25(4-6-30)14-34-15-25)21-22(35-16)20(17-11-19(26)23(32-2)27-12-17)28-24(29-21)31-7-9-33-10-8-31/h11-12H,3-10,13-15,26H2,1-2H3. The Morgan fingerprint density at radius 2 is 1.89 bits per heavy atom. The van der Waals surface area contributed by atoms with Crippen LogP contribution in [0.2, 0.25) is 0 Å². The number of anilines is 2. The third kappa shape index (κ3) is 4.22. The predicted molar refractivity (Wildman–Crippen MR) is 137 cm³/mol. The van der Waals surface area contributed by atoms with Gasteiger partial charge in [-0.3, -0.25) is 4.90 Å². The molecule has 0 aliphatic carbocycles. The van der Waals surface area contributed by atoms with Gasteiger partial charge in [0.25, 0.3) is 0 Å². The molecule has 3 aromatic heterocycles. The molecule has 0 amide bonds. The van der Waals surface area contributed by atoms with Crippen molar-refractivity contribution in [2.75, 3.05) is 70.3 Å². The second kappa shape index (κ2) is 9.16. The number of rotatable bonds is 5. The summed E-state index contributed by atoms with van der Waals surface area (Å²) < 4.78 is 17.4. The molecule has 0 radical (unpaired) electrons. The minimum atomic E-state index is 0.426. The van der Waals surface area contributed by atoms with Gasteiger partial charge in [-0.2, -0.15) is 0 Å². The largest absolute Gasteiger partial charge is 0.480 e. The van der Waals surface area contributed by atoms with E-state index in [1.54, 1.807) is 24.6 Å². The van der Waals surface area contributed by atoms with Gasteiger partial charge in [-0.15, -0.1) is 11.3 Å². The van der Waals surface area contributed by atoms with Crippen LogP contribution in [0.15, 0.2) is 12.3 Å². The molecule has 0 bridgehead atoms. The maximum atomic E-state index is 6.22. The maximum absolute atomic E-state index is 6.22. The van der Waals surface area contributed by atoms with Crippen LogP contribution in [-0.2, 0) is 16.0 Å². The lowest BCUT2D eigenvalue weighted by atomic mass is 9.77. The fourth-order valence-corrected chi connectivity index (χ4v) is 6.38. The Hall–Kier alpha value is -2.53. The number of pyridine rings is 1. The van der Waals surface area contributed by atoms with Crippen LogP contribution in [0.3, 0.4) is 0 Å². The molecule has 0 saturated carbocycles. The van der Waals surface area contributed by atoms with Crippen LogP contribution in [0.1, 0.15) is 23.3 Å². The average molecular weight is 497 g/mol. The topological polar surface area (TPSA) is 98.9 Å². The van der Waals surface area contributed by atoms with Crippen molar-refractivity contribution in [1.29, 1.82) is 0 Å². The summed E-state index contributed by atoms with van der Waals surface area (Å²) in [6.07, 6.45) is 4.22. The maximum Gasteiger partial charge on any atom is 0.236 e. The zero-order chi connectivity index (χ0) is 24.0. The fourth-order valence-electron chi connectivity index (χ4n) is 5.27. The van der Waals surface area contributed by atoms with Crippen LogP contribution in [0.5, 0.6) is 5.88 Å². The van der Waals surface area contributed by atoms with Crippen LogP contribution in [-0.4, -0.2) is 79.6 Å². The summed E-state index contributed by atoms with van der Waals surface area (Å²) in [6.45, 7) is 10.1. The Kier molecular flexibility index (Phi) is 6.00. The van der Waals surface area contributed by atoms with E-state index in [1.165, 1.54) is 23.3 Å². The number of hydrogen-bond donors (Lipinski definition) is 1. The molecule has 3 saturated heterocycles. The fraction of sp³-hybridized carbons (Fsp3) is 0.560. The molecule has 0 unspecified atom stereocenters. The highest BCUT2D eigenvalue weighted by Crippen LogP contribution is 2.41. The Balaban J connectivity index is 1.40. The molecule has 2 N–H and O–H groups in total. The number of morpholine rings is 1. The Morgan fingerprint density at radius 1 is 1.11 bits per heavy atom. The minimum absolute atomic E-state index is 0.426. The van der Waals surface area contributed by atoms with Gasteiger partial charge in [0.15, 0.2) is 0 Å². The molecule has 10 heteroatoms. The van der Waals surface area contributed by atoms with Crippen LogP contribution < -0.4 is 15.4 Å². The van der Waals surface area contributed by atoms with Crippen molar-refractivity contribution >= 4 is 33.2 Å². The molecule has 9 nitrogen and oxygen atoms in total. The molecule has 3 aromatic rings. The number of nitrogens with zero attached hydrogens (tertiary/aromatic N) is 5. The number of likely N-dealkylation sites (tertiary alicyclic amines) is 1. The third-order valence-electron chi connectivity index (χ3n) is 7.57. The van der Waals surface area contributed by atoms with Crippen LogP contribution >= 0.6 is 11.3 Å². The Labute approximate surface area is 209 Å². The van der Waals surface area contributed by atoms with Gasteiger partial charge in [-0.1, -0.05) is 0 Å². The number of methoxy groups -OCH3 is 1. The van der Waals surface area contributed by atoms with Gasteiger partial charge < -0.3 is 24.8 Å². The number of thiophene rings is 1. The second-order valence-electron chi connectivity index (χ2n) is 9.88. The number of nitrogens with two attached hydrogens (primary N) is 1. The molecule has 3 aliphatic heterocycles. The summed E-state index contributed by atoms with van der Waals surface area (Å²) in [7, 11) is 1.58. The van der Waals surface area contributed by atoms with Gasteiger partial charge >= 0.3 is 0 Å². The van der Waals surface area contributed by atoms with E-state index in [4.69, 9.17) is 29.9 Å². The summed E-state index contributed by atoms with van der Waals surface area (Å²) in [6, 6.07) is 1.90. The number of nitrogen functional groups attached to an aromatic ring is 1. The minimum Gasteiger partial charge on any atom is -0.480 e. The second-order valence-corrected chi connectivity index (χ2v) is 11.1. The predicted octanol–water partition coefficient (Wildman–Crippen LogP) is 3.10. The number of fused-ring (bicyclic) bond motifs is 1. The van der Waals surface area contributed by atoms with E-state index in [0.717, 1.165) is 73.4 Å². The molecule has 0 aromatic carbocycles. The Morgan fingerprint density at radius 3 is 2.54 bits per heavy atom. The van der Waals surface area contributed by atoms with Gasteiger partial charge in [-0.25, -0.2) is 15.0 Å². The van der Waals surface area contributed by atoms with Crippen molar-refractivity contribution in [1.82, 2.24) is 19.9 Å². The molecule has 186 valence electrons. The monoisotopic (exact) mass is 496 g/mol. The average Bonchev–Trinajstić information content (AvgIpc) is 3.18. The van der Waals surface area contributed by atoms with Crippen LogP contribution in [0.25, 0.3) is 21.5 Å². The number of hydrogen-bond acceptors (Lipinski definition) is 10. The van der Waals surface area contributed by atoms with E-state index in [1.807, 2.05) is 6.07 Å². The first-order chi connectivity index (χ1) is 17.0. The number of aromatic nitrogens is 3. The third-order valence-corrected chi connectivity index (χ3v) is 8.72. The molecule has 35 heavy (non-hydrogen) atoms. The van der Waals surface area contributed by atoms with Crippen molar-refractivity contribution in [3.63, 3.8) is 0 Å². The molecule has 0 atom stereocenters. The zero-order valence-electron chi connectivity index (χ0n) is 20.4. The highest BCUT2D eigenvalue weighted by atomic mass is 32.1. The van der Waals surface area contributed by atoms with Crippen molar-refractivity contribution in [3.8, 4) is 17.1 Å². The van der Waals surface area contributed by atoms with Gasteiger partial charge in [0, 0.05) is 47.3 Å². The summed E-state index contributed by atoms with van der Waals surface area (Å²) in [5.74, 6) is 1.17. The van der Waals surface area contributed by atoms with Crippen molar-refractivity contribution in [3.05, 3.63) is 22.7 Å². The lowest BCUT2D eigenvalue weighted by Crippen LogP contribution is -2.50. The molecule has 3 fully saturated rings. The van der Waals surface area contributed by atoms with E-state index in [0.29, 0.717) is 30.2 Å². The molecule has 6 heterocycles. The first kappa shape index (κ1) is 22.9. The quantitative estimate of drug-likeness (QED) is 0.571. The van der Waals surface area contributed by atoms with Gasteiger partial charge in [0.05, 0.1) is 55.1 Å². The van der Waals surface area contributed by atoms with Crippen molar-refractivity contribution < 1.29 is 14.2 Å². The molecular formula is C25H32N6O3S. The Bertz CT molecular complexity index is 1230. The van der Waals surface area contributed by atoms with Crippen LogP contribution in [0.4, 0.5) is 11.6 Å². The normalized spacial score (nSPS) is 20.3. The number of ether oxygens (including phenoxy) is 3. The zero-order valence-corrected chi connectivity index (χ0v) is 21.2. The molecular weight excluding hydrogens is 464 g/mol. The summed E-state index contributed by atoms with van der Waals surface area (Å²) in [5.41, 5.74) is 11.3. The van der Waals surface area contributed by atoms with E-state index in [9.17, 15) is 0 Å². The van der Waals surface area contributed by atoms with Crippen LogP contribution in [0, 0.1) is 12.3 Å². The van der Waals surface area contributed by atoms with E-state index >= 15 is 0 Å².